The van der Waals surface area contributed by atoms with E-state index in [0.717, 1.165) is 15.6 Å². The van der Waals surface area contributed by atoms with Crippen molar-refractivity contribution >= 4 is 26.8 Å². The summed E-state index contributed by atoms with van der Waals surface area (Å²) in [6.07, 6.45) is 1.44. The number of aromatic amines is 1. The van der Waals surface area contributed by atoms with Crippen molar-refractivity contribution in [3.63, 3.8) is 0 Å². The number of nitriles is 1. The van der Waals surface area contributed by atoms with Crippen LogP contribution < -0.4 is 5.43 Å². The van der Waals surface area contributed by atoms with Gasteiger partial charge in [0.25, 0.3) is 0 Å². The Bertz CT molecular complexity index is 637. The summed E-state index contributed by atoms with van der Waals surface area (Å²) in [6, 6.07) is 5.44. The van der Waals surface area contributed by atoms with E-state index >= 15 is 0 Å². The molecule has 0 aliphatic carbocycles. The van der Waals surface area contributed by atoms with Gasteiger partial charge in [-0.05, 0) is 34.5 Å². The largest absolute Gasteiger partial charge is 0.359 e. The second kappa shape index (κ2) is 3.52. The molecule has 0 fully saturated rings. The van der Waals surface area contributed by atoms with Gasteiger partial charge in [0.05, 0.1) is 5.52 Å². The Hall–Kier alpha value is -1.60. The maximum atomic E-state index is 11.8. The molecule has 0 spiro atoms. The molecule has 0 amide bonds. The molecule has 0 saturated heterocycles. The molecular weight excluding hydrogens is 256 g/mol. The summed E-state index contributed by atoms with van der Waals surface area (Å²) >= 11 is 3.41. The first kappa shape index (κ1) is 9.94. The zero-order valence-electron chi connectivity index (χ0n) is 7.97. The third kappa shape index (κ3) is 1.45. The summed E-state index contributed by atoms with van der Waals surface area (Å²) in [5, 5.41) is 9.25. The molecule has 0 aliphatic heterocycles. The highest BCUT2D eigenvalue weighted by molar-refractivity contribution is 9.10. The van der Waals surface area contributed by atoms with Crippen LogP contribution in [0.5, 0.6) is 0 Å². The number of benzene rings is 1. The van der Waals surface area contributed by atoms with Crippen LogP contribution in [0.2, 0.25) is 0 Å². The van der Waals surface area contributed by atoms with Crippen LogP contribution in [-0.2, 0) is 0 Å². The number of aromatic nitrogens is 1. The van der Waals surface area contributed by atoms with E-state index in [2.05, 4.69) is 20.9 Å². The molecule has 1 heterocycles. The lowest BCUT2D eigenvalue weighted by atomic mass is 10.1. The molecule has 0 unspecified atom stereocenters. The lowest BCUT2D eigenvalue weighted by Crippen LogP contribution is -2.07. The van der Waals surface area contributed by atoms with Gasteiger partial charge in [-0.25, -0.2) is 0 Å². The SMILES string of the molecule is Cc1ccc2c(=O)c(C#N)c[nH]c2c1Br. The summed E-state index contributed by atoms with van der Waals surface area (Å²) in [7, 11) is 0. The summed E-state index contributed by atoms with van der Waals surface area (Å²) in [6.45, 7) is 1.94. The standard InChI is InChI=1S/C11H7BrN2O/c1-6-2-3-8-10(9(6)12)14-5-7(4-13)11(8)15/h2-3,5H,1H3,(H,14,15). The van der Waals surface area contributed by atoms with Crippen molar-refractivity contribution in [3.05, 3.63) is 44.2 Å². The number of rotatable bonds is 0. The molecule has 0 atom stereocenters. The summed E-state index contributed by atoms with van der Waals surface area (Å²) in [5.74, 6) is 0. The molecule has 2 aromatic rings. The van der Waals surface area contributed by atoms with Crippen LogP contribution in [0.4, 0.5) is 0 Å². The van der Waals surface area contributed by atoms with Gasteiger partial charge in [0.1, 0.15) is 11.6 Å². The van der Waals surface area contributed by atoms with Crippen LogP contribution in [0.3, 0.4) is 0 Å². The predicted molar refractivity (Wildman–Crippen MR) is 61.7 cm³/mol. The van der Waals surface area contributed by atoms with Gasteiger partial charge < -0.3 is 4.98 Å². The maximum absolute atomic E-state index is 11.8. The molecule has 1 aromatic carbocycles. The average Bonchev–Trinajstić information content (AvgIpc) is 2.24. The van der Waals surface area contributed by atoms with Crippen molar-refractivity contribution in [1.82, 2.24) is 4.98 Å². The topological polar surface area (TPSA) is 56.6 Å². The molecule has 0 bridgehead atoms. The first-order valence-corrected chi connectivity index (χ1v) is 5.15. The summed E-state index contributed by atoms with van der Waals surface area (Å²) in [4.78, 5) is 14.7. The van der Waals surface area contributed by atoms with Gasteiger partial charge in [-0.1, -0.05) is 6.07 Å². The van der Waals surface area contributed by atoms with Crippen LogP contribution in [0.15, 0.2) is 27.6 Å². The fraction of sp³-hybridized carbons (Fsp3) is 0.0909. The van der Waals surface area contributed by atoms with E-state index in [1.165, 1.54) is 6.20 Å². The first-order chi connectivity index (χ1) is 7.15. The van der Waals surface area contributed by atoms with Crippen LogP contribution in [0, 0.1) is 18.3 Å². The normalized spacial score (nSPS) is 10.2. The van der Waals surface area contributed by atoms with E-state index in [1.807, 2.05) is 19.1 Å². The van der Waals surface area contributed by atoms with Crippen molar-refractivity contribution in [2.75, 3.05) is 0 Å². The number of hydrogen-bond acceptors (Lipinski definition) is 2. The Morgan fingerprint density at radius 1 is 1.47 bits per heavy atom. The number of aryl methyl sites for hydroxylation is 1. The molecule has 1 N–H and O–H groups in total. The number of nitrogens with one attached hydrogen (secondary N) is 1. The van der Waals surface area contributed by atoms with Crippen LogP contribution in [0.1, 0.15) is 11.1 Å². The Morgan fingerprint density at radius 3 is 2.87 bits per heavy atom. The zero-order valence-corrected chi connectivity index (χ0v) is 9.55. The second-order valence-corrected chi connectivity index (χ2v) is 4.06. The smallest absolute Gasteiger partial charge is 0.207 e. The van der Waals surface area contributed by atoms with Crippen molar-refractivity contribution in [1.29, 1.82) is 5.26 Å². The zero-order chi connectivity index (χ0) is 11.0. The van der Waals surface area contributed by atoms with Gasteiger partial charge in [-0.2, -0.15) is 5.26 Å². The van der Waals surface area contributed by atoms with E-state index in [0.29, 0.717) is 5.39 Å². The van der Waals surface area contributed by atoms with Crippen LogP contribution in [-0.4, -0.2) is 4.98 Å². The maximum Gasteiger partial charge on any atom is 0.207 e. The van der Waals surface area contributed by atoms with Gasteiger partial charge in [-0.3, -0.25) is 4.79 Å². The molecule has 1 aromatic heterocycles. The molecule has 15 heavy (non-hydrogen) atoms. The number of H-pyrrole nitrogens is 1. The predicted octanol–water partition coefficient (Wildman–Crippen LogP) is 2.47. The molecule has 0 radical (unpaired) electrons. The van der Waals surface area contributed by atoms with E-state index in [-0.39, 0.29) is 11.0 Å². The highest BCUT2D eigenvalue weighted by Gasteiger charge is 2.07. The quantitative estimate of drug-likeness (QED) is 0.793. The number of fused-ring (bicyclic) bond motifs is 1. The Balaban J connectivity index is 3.00. The number of nitrogens with zero attached hydrogens (tertiary/aromatic N) is 1. The molecular formula is C11H7BrN2O. The van der Waals surface area contributed by atoms with Gasteiger partial charge >= 0.3 is 0 Å². The van der Waals surface area contributed by atoms with Crippen molar-refractivity contribution in [2.24, 2.45) is 0 Å². The summed E-state index contributed by atoms with van der Waals surface area (Å²) < 4.78 is 0.863. The van der Waals surface area contributed by atoms with Crippen LogP contribution >= 0.6 is 15.9 Å². The van der Waals surface area contributed by atoms with Crippen molar-refractivity contribution in [3.8, 4) is 6.07 Å². The molecule has 2 rings (SSSR count). The molecule has 0 aliphatic rings. The lowest BCUT2D eigenvalue weighted by molar-refractivity contribution is 1.32. The van der Waals surface area contributed by atoms with Gasteiger partial charge in [0.2, 0.25) is 5.43 Å². The average molecular weight is 263 g/mol. The van der Waals surface area contributed by atoms with E-state index in [1.54, 1.807) is 6.07 Å². The first-order valence-electron chi connectivity index (χ1n) is 4.35. The number of halogens is 1. The Labute approximate surface area is 94.5 Å². The van der Waals surface area contributed by atoms with Gasteiger partial charge in [0.15, 0.2) is 0 Å². The minimum Gasteiger partial charge on any atom is -0.359 e. The fourth-order valence-electron chi connectivity index (χ4n) is 1.45. The monoisotopic (exact) mass is 262 g/mol. The van der Waals surface area contributed by atoms with Crippen molar-refractivity contribution < 1.29 is 0 Å². The summed E-state index contributed by atoms with van der Waals surface area (Å²) in [5.41, 5.74) is 1.69. The molecule has 74 valence electrons. The number of pyridine rings is 1. The lowest BCUT2D eigenvalue weighted by Gasteiger charge is -2.03. The number of hydrogen-bond donors (Lipinski definition) is 1. The third-order valence-electron chi connectivity index (χ3n) is 2.31. The molecule has 0 saturated carbocycles. The van der Waals surface area contributed by atoms with E-state index in [9.17, 15) is 4.79 Å². The van der Waals surface area contributed by atoms with Gasteiger partial charge in [0, 0.05) is 16.1 Å². The fourth-order valence-corrected chi connectivity index (χ4v) is 1.91. The van der Waals surface area contributed by atoms with Crippen LogP contribution in [0.25, 0.3) is 10.9 Å². The minimum atomic E-state index is -0.230. The minimum absolute atomic E-state index is 0.137. The molecule has 3 nitrogen and oxygen atoms in total. The Kier molecular flexibility index (Phi) is 2.33. The highest BCUT2D eigenvalue weighted by Crippen LogP contribution is 2.23. The third-order valence-corrected chi connectivity index (χ3v) is 3.33. The second-order valence-electron chi connectivity index (χ2n) is 3.26. The van der Waals surface area contributed by atoms with E-state index in [4.69, 9.17) is 5.26 Å². The highest BCUT2D eigenvalue weighted by atomic mass is 79.9. The molecule has 4 heteroatoms. The van der Waals surface area contributed by atoms with Crippen molar-refractivity contribution in [2.45, 2.75) is 6.92 Å². The Morgan fingerprint density at radius 2 is 2.20 bits per heavy atom. The van der Waals surface area contributed by atoms with E-state index < -0.39 is 0 Å². The van der Waals surface area contributed by atoms with Gasteiger partial charge in [-0.15, -0.1) is 0 Å².